The molecular weight excluding hydrogens is 406 g/mol. The summed E-state index contributed by atoms with van der Waals surface area (Å²) < 4.78 is 12.9. The van der Waals surface area contributed by atoms with Gasteiger partial charge in [0, 0.05) is 30.2 Å². The van der Waals surface area contributed by atoms with E-state index >= 15 is 0 Å². The van der Waals surface area contributed by atoms with Gasteiger partial charge in [-0.25, -0.2) is 4.79 Å². The molecule has 1 unspecified atom stereocenters. The molecule has 1 fully saturated rings. The SMILES string of the molecule is CCOc1ccc(-n2c(C)cc(/C=C(\C#N)C(=O)OC(C)C(=O)N3CCCC3)c2C)cc1. The Labute approximate surface area is 188 Å². The van der Waals surface area contributed by atoms with Crippen molar-refractivity contribution < 1.29 is 19.1 Å². The Balaban J connectivity index is 1.79. The Morgan fingerprint density at radius 1 is 1.19 bits per heavy atom. The zero-order chi connectivity index (χ0) is 23.3. The zero-order valence-electron chi connectivity index (χ0n) is 19.1. The quantitative estimate of drug-likeness (QED) is 0.373. The topological polar surface area (TPSA) is 84.6 Å². The van der Waals surface area contributed by atoms with Crippen molar-refractivity contribution in [2.45, 2.75) is 46.6 Å². The lowest BCUT2D eigenvalue weighted by molar-refractivity contribution is -0.155. The predicted octanol–water partition coefficient (Wildman–Crippen LogP) is 3.95. The van der Waals surface area contributed by atoms with Gasteiger partial charge in [-0.05, 0) is 82.5 Å². The fourth-order valence-electron chi connectivity index (χ4n) is 3.95. The summed E-state index contributed by atoms with van der Waals surface area (Å²) in [5.74, 6) is -0.217. The minimum absolute atomic E-state index is 0.141. The van der Waals surface area contributed by atoms with Crippen molar-refractivity contribution in [3.8, 4) is 17.5 Å². The molecule has 0 spiro atoms. The smallest absolute Gasteiger partial charge is 0.349 e. The highest BCUT2D eigenvalue weighted by atomic mass is 16.5. The highest BCUT2D eigenvalue weighted by Crippen LogP contribution is 2.25. The summed E-state index contributed by atoms with van der Waals surface area (Å²) in [7, 11) is 0. The molecule has 1 atom stereocenters. The molecule has 1 aromatic carbocycles. The van der Waals surface area contributed by atoms with E-state index in [0.717, 1.165) is 41.2 Å². The van der Waals surface area contributed by atoms with Crippen molar-refractivity contribution in [2.24, 2.45) is 0 Å². The first-order valence-electron chi connectivity index (χ1n) is 10.9. The van der Waals surface area contributed by atoms with E-state index in [0.29, 0.717) is 19.7 Å². The van der Waals surface area contributed by atoms with Gasteiger partial charge in [0.1, 0.15) is 17.4 Å². The standard InChI is InChI=1S/C25H29N3O4/c1-5-31-23-10-8-22(9-11-23)28-17(2)14-20(18(28)3)15-21(16-26)25(30)32-19(4)24(29)27-12-6-7-13-27/h8-11,14-15,19H,5-7,12-13H2,1-4H3/b21-15+. The van der Waals surface area contributed by atoms with Crippen LogP contribution in [0.2, 0.25) is 0 Å². The summed E-state index contributed by atoms with van der Waals surface area (Å²) in [6.45, 7) is 9.33. The maximum absolute atomic E-state index is 12.6. The number of nitriles is 1. The molecule has 7 nitrogen and oxygen atoms in total. The number of carbonyl (C=O) groups is 2. The van der Waals surface area contributed by atoms with Crippen molar-refractivity contribution >= 4 is 18.0 Å². The molecule has 1 aromatic heterocycles. The van der Waals surface area contributed by atoms with Gasteiger partial charge in [-0.2, -0.15) is 5.26 Å². The molecule has 0 saturated carbocycles. The van der Waals surface area contributed by atoms with Gasteiger partial charge in [-0.15, -0.1) is 0 Å². The fourth-order valence-corrected chi connectivity index (χ4v) is 3.95. The summed E-state index contributed by atoms with van der Waals surface area (Å²) in [4.78, 5) is 26.7. The van der Waals surface area contributed by atoms with Gasteiger partial charge in [0.05, 0.1) is 6.61 Å². The Morgan fingerprint density at radius 2 is 1.84 bits per heavy atom. The highest BCUT2D eigenvalue weighted by Gasteiger charge is 2.27. The van der Waals surface area contributed by atoms with E-state index in [1.807, 2.05) is 61.7 Å². The summed E-state index contributed by atoms with van der Waals surface area (Å²) in [5.41, 5.74) is 3.39. The number of esters is 1. The van der Waals surface area contributed by atoms with Crippen LogP contribution in [0.15, 0.2) is 35.9 Å². The molecule has 2 heterocycles. The lowest BCUT2D eigenvalue weighted by Gasteiger charge is -2.20. The number of benzene rings is 1. The van der Waals surface area contributed by atoms with Gasteiger partial charge in [0.15, 0.2) is 6.10 Å². The van der Waals surface area contributed by atoms with Gasteiger partial charge in [0.2, 0.25) is 0 Å². The molecule has 1 aliphatic rings. The van der Waals surface area contributed by atoms with Gasteiger partial charge >= 0.3 is 5.97 Å². The van der Waals surface area contributed by atoms with Crippen LogP contribution >= 0.6 is 0 Å². The number of nitrogens with zero attached hydrogens (tertiary/aromatic N) is 3. The molecule has 7 heteroatoms. The molecule has 0 radical (unpaired) electrons. The lowest BCUT2D eigenvalue weighted by atomic mass is 10.1. The third kappa shape index (κ3) is 5.02. The first-order valence-corrected chi connectivity index (χ1v) is 10.9. The molecule has 3 rings (SSSR count). The van der Waals surface area contributed by atoms with Crippen molar-refractivity contribution in [1.29, 1.82) is 5.26 Å². The van der Waals surface area contributed by atoms with Crippen molar-refractivity contribution in [2.75, 3.05) is 19.7 Å². The van der Waals surface area contributed by atoms with E-state index in [1.165, 1.54) is 6.08 Å². The first-order chi connectivity index (χ1) is 15.3. The number of amides is 1. The van der Waals surface area contributed by atoms with Gasteiger partial charge in [0.25, 0.3) is 5.91 Å². The van der Waals surface area contributed by atoms with E-state index in [4.69, 9.17) is 9.47 Å². The Hall–Kier alpha value is -3.53. The van der Waals surface area contributed by atoms with E-state index in [-0.39, 0.29) is 11.5 Å². The van der Waals surface area contributed by atoms with Crippen molar-refractivity contribution in [3.05, 3.63) is 52.9 Å². The van der Waals surface area contributed by atoms with Crippen LogP contribution in [0, 0.1) is 25.2 Å². The van der Waals surface area contributed by atoms with Crippen LogP contribution in [-0.2, 0) is 14.3 Å². The van der Waals surface area contributed by atoms with E-state index in [1.54, 1.807) is 11.8 Å². The fraction of sp³-hybridized carbons (Fsp3) is 0.400. The van der Waals surface area contributed by atoms with Crippen LogP contribution in [0.1, 0.15) is 43.6 Å². The lowest BCUT2D eigenvalue weighted by Crippen LogP contribution is -2.38. The Morgan fingerprint density at radius 3 is 2.44 bits per heavy atom. The normalized spacial score (nSPS) is 14.7. The van der Waals surface area contributed by atoms with Crippen LogP contribution in [0.25, 0.3) is 11.8 Å². The van der Waals surface area contributed by atoms with Crippen LogP contribution in [-0.4, -0.2) is 47.1 Å². The number of hydrogen-bond donors (Lipinski definition) is 0. The summed E-state index contributed by atoms with van der Waals surface area (Å²) >= 11 is 0. The third-order valence-electron chi connectivity index (χ3n) is 5.57. The number of likely N-dealkylation sites (tertiary alicyclic amines) is 1. The second-order valence-electron chi connectivity index (χ2n) is 7.84. The summed E-state index contributed by atoms with van der Waals surface area (Å²) in [6.07, 6.45) is 2.51. The molecule has 1 amide bonds. The molecule has 168 valence electrons. The average molecular weight is 436 g/mol. The number of rotatable bonds is 7. The maximum atomic E-state index is 12.6. The first kappa shape index (κ1) is 23.1. The Kier molecular flexibility index (Phi) is 7.37. The molecule has 0 bridgehead atoms. The molecule has 0 N–H and O–H groups in total. The Bertz CT molecular complexity index is 1050. The number of aromatic nitrogens is 1. The minimum Gasteiger partial charge on any atom is -0.494 e. The second-order valence-corrected chi connectivity index (χ2v) is 7.84. The second kappa shape index (κ2) is 10.2. The van der Waals surface area contributed by atoms with E-state index < -0.39 is 12.1 Å². The summed E-state index contributed by atoms with van der Waals surface area (Å²) in [5, 5.41) is 9.55. The average Bonchev–Trinajstić information content (AvgIpc) is 3.40. The largest absolute Gasteiger partial charge is 0.494 e. The molecule has 0 aliphatic carbocycles. The van der Waals surface area contributed by atoms with Gasteiger partial charge in [-0.1, -0.05) is 0 Å². The van der Waals surface area contributed by atoms with Gasteiger partial charge in [-0.3, -0.25) is 4.79 Å². The highest BCUT2D eigenvalue weighted by molar-refractivity contribution is 5.99. The van der Waals surface area contributed by atoms with Crippen LogP contribution in [0.4, 0.5) is 0 Å². The zero-order valence-corrected chi connectivity index (χ0v) is 19.1. The number of carbonyl (C=O) groups excluding carboxylic acids is 2. The number of hydrogen-bond acceptors (Lipinski definition) is 5. The molecule has 32 heavy (non-hydrogen) atoms. The van der Waals surface area contributed by atoms with Crippen LogP contribution in [0.3, 0.4) is 0 Å². The van der Waals surface area contributed by atoms with E-state index in [9.17, 15) is 14.9 Å². The molecule has 2 aromatic rings. The minimum atomic E-state index is -0.923. The third-order valence-corrected chi connectivity index (χ3v) is 5.57. The molecule has 1 aliphatic heterocycles. The monoisotopic (exact) mass is 435 g/mol. The number of aryl methyl sites for hydroxylation is 1. The van der Waals surface area contributed by atoms with Crippen LogP contribution < -0.4 is 4.74 Å². The number of ether oxygens (including phenoxy) is 2. The van der Waals surface area contributed by atoms with Gasteiger partial charge < -0.3 is 18.9 Å². The predicted molar refractivity (Wildman–Crippen MR) is 121 cm³/mol. The van der Waals surface area contributed by atoms with Crippen molar-refractivity contribution in [1.82, 2.24) is 9.47 Å². The molecule has 1 saturated heterocycles. The van der Waals surface area contributed by atoms with Crippen LogP contribution in [0.5, 0.6) is 5.75 Å². The van der Waals surface area contributed by atoms with Crippen molar-refractivity contribution in [3.63, 3.8) is 0 Å². The van der Waals surface area contributed by atoms with E-state index in [2.05, 4.69) is 0 Å². The molecular formula is C25H29N3O4. The summed E-state index contributed by atoms with van der Waals surface area (Å²) in [6, 6.07) is 11.6. The maximum Gasteiger partial charge on any atom is 0.349 e.